The second-order valence-corrected chi connectivity index (χ2v) is 11.4. The Morgan fingerprint density at radius 1 is 0.739 bits per heavy atom. The summed E-state index contributed by atoms with van der Waals surface area (Å²) in [6.07, 6.45) is 15.3. The molecule has 0 aliphatic rings. The molecule has 0 unspecified atom stereocenters. The molecule has 0 fully saturated rings. The van der Waals surface area contributed by atoms with Gasteiger partial charge in [-0.2, -0.15) is 0 Å². The van der Waals surface area contributed by atoms with Crippen LogP contribution in [-0.4, -0.2) is 74.0 Å². The van der Waals surface area contributed by atoms with Gasteiger partial charge in [-0.15, -0.1) is 0 Å². The zero-order chi connectivity index (χ0) is 33.1. The molecule has 1 aromatic carbocycles. The Morgan fingerprint density at radius 2 is 1.26 bits per heavy atom. The number of phenolic OH excluding ortho intramolecular Hbond substituents is 1. The molecule has 2 heterocycles. The van der Waals surface area contributed by atoms with Gasteiger partial charge in [-0.05, 0) is 24.1 Å². The van der Waals surface area contributed by atoms with Crippen LogP contribution in [0, 0.1) is 0 Å². The average molecular weight is 638 g/mol. The maximum Gasteiger partial charge on any atom is 0.328 e. The van der Waals surface area contributed by atoms with Crippen LogP contribution in [-0.2, 0) is 43.2 Å². The third kappa shape index (κ3) is 12.7. The molecular formula is C33H47N7O6. The van der Waals surface area contributed by atoms with Gasteiger partial charge >= 0.3 is 5.97 Å². The fraction of sp³-hybridized carbons (Fsp3) is 0.515. The van der Waals surface area contributed by atoms with E-state index in [1.165, 1.54) is 70.0 Å². The average Bonchev–Trinajstić information content (AvgIpc) is 3.77. The lowest BCUT2D eigenvalue weighted by Gasteiger charge is -2.25. The van der Waals surface area contributed by atoms with E-state index in [2.05, 4.69) is 42.8 Å². The van der Waals surface area contributed by atoms with Crippen molar-refractivity contribution in [1.82, 2.24) is 35.9 Å². The van der Waals surface area contributed by atoms with Crippen LogP contribution < -0.4 is 16.0 Å². The number of amides is 3. The normalized spacial score (nSPS) is 12.9. The first kappa shape index (κ1) is 35.8. The molecule has 2 aromatic heterocycles. The van der Waals surface area contributed by atoms with Gasteiger partial charge in [-0.3, -0.25) is 14.4 Å². The number of ether oxygens (including phenoxy) is 1. The number of methoxy groups -OCH3 is 1. The van der Waals surface area contributed by atoms with Crippen LogP contribution in [0.5, 0.6) is 5.75 Å². The van der Waals surface area contributed by atoms with E-state index in [1.54, 1.807) is 12.1 Å². The van der Waals surface area contributed by atoms with Crippen molar-refractivity contribution < 1.29 is 29.0 Å². The summed E-state index contributed by atoms with van der Waals surface area (Å²) >= 11 is 0. The second kappa shape index (κ2) is 19.7. The van der Waals surface area contributed by atoms with E-state index in [0.717, 1.165) is 19.3 Å². The van der Waals surface area contributed by atoms with E-state index in [4.69, 9.17) is 4.74 Å². The molecule has 0 saturated heterocycles. The summed E-state index contributed by atoms with van der Waals surface area (Å²) in [4.78, 5) is 66.6. The van der Waals surface area contributed by atoms with Crippen molar-refractivity contribution >= 4 is 23.7 Å². The molecule has 0 radical (unpaired) electrons. The largest absolute Gasteiger partial charge is 0.508 e. The van der Waals surface area contributed by atoms with Crippen molar-refractivity contribution in [2.75, 3.05) is 7.11 Å². The first-order chi connectivity index (χ1) is 22.3. The van der Waals surface area contributed by atoms with E-state index in [0.29, 0.717) is 23.4 Å². The minimum absolute atomic E-state index is 0.0493. The first-order valence-corrected chi connectivity index (χ1v) is 16.0. The number of benzene rings is 1. The van der Waals surface area contributed by atoms with Crippen LogP contribution in [0.2, 0.25) is 0 Å². The molecule has 0 aliphatic carbocycles. The summed E-state index contributed by atoms with van der Waals surface area (Å²) < 4.78 is 4.90. The lowest BCUT2D eigenvalue weighted by Crippen LogP contribution is -2.57. The van der Waals surface area contributed by atoms with Crippen LogP contribution in [0.25, 0.3) is 0 Å². The van der Waals surface area contributed by atoms with Crippen molar-refractivity contribution in [2.45, 2.75) is 102 Å². The zero-order valence-corrected chi connectivity index (χ0v) is 26.7. The summed E-state index contributed by atoms with van der Waals surface area (Å²) in [5.41, 5.74) is 1.90. The topological polar surface area (TPSA) is 191 Å². The highest BCUT2D eigenvalue weighted by Crippen LogP contribution is 2.13. The number of esters is 1. The number of nitrogens with zero attached hydrogens (tertiary/aromatic N) is 2. The van der Waals surface area contributed by atoms with Crippen molar-refractivity contribution in [2.24, 2.45) is 0 Å². The molecule has 3 amide bonds. The van der Waals surface area contributed by atoms with Gasteiger partial charge in [0.1, 0.15) is 23.9 Å². The van der Waals surface area contributed by atoms with Gasteiger partial charge in [0.15, 0.2) is 0 Å². The van der Waals surface area contributed by atoms with Crippen molar-refractivity contribution in [3.05, 3.63) is 66.3 Å². The van der Waals surface area contributed by atoms with Crippen LogP contribution in [0.4, 0.5) is 0 Å². The van der Waals surface area contributed by atoms with Crippen molar-refractivity contribution in [3.63, 3.8) is 0 Å². The number of aromatic amines is 2. The Kier molecular flexibility index (Phi) is 15.3. The summed E-state index contributed by atoms with van der Waals surface area (Å²) in [7, 11) is 1.22. The number of carbonyl (C=O) groups is 4. The highest BCUT2D eigenvalue weighted by Gasteiger charge is 2.31. The molecule has 3 aromatic rings. The molecule has 3 rings (SSSR count). The number of hydrogen-bond donors (Lipinski definition) is 6. The molecule has 250 valence electrons. The molecule has 3 atom stereocenters. The van der Waals surface area contributed by atoms with E-state index >= 15 is 0 Å². The first-order valence-electron chi connectivity index (χ1n) is 16.0. The van der Waals surface area contributed by atoms with Gasteiger partial charge in [0.25, 0.3) is 0 Å². The Labute approximate surface area is 269 Å². The van der Waals surface area contributed by atoms with Gasteiger partial charge in [0.2, 0.25) is 17.7 Å². The van der Waals surface area contributed by atoms with Gasteiger partial charge in [0, 0.05) is 49.5 Å². The van der Waals surface area contributed by atoms with Crippen molar-refractivity contribution in [1.29, 1.82) is 0 Å². The predicted molar refractivity (Wildman–Crippen MR) is 171 cm³/mol. The van der Waals surface area contributed by atoms with E-state index in [-0.39, 0.29) is 37.3 Å². The molecular weight excluding hydrogens is 590 g/mol. The quantitative estimate of drug-likeness (QED) is 0.0758. The number of imidazole rings is 2. The monoisotopic (exact) mass is 637 g/mol. The number of aromatic nitrogens is 4. The van der Waals surface area contributed by atoms with Crippen LogP contribution in [0.15, 0.2) is 49.3 Å². The molecule has 46 heavy (non-hydrogen) atoms. The fourth-order valence-corrected chi connectivity index (χ4v) is 5.08. The summed E-state index contributed by atoms with van der Waals surface area (Å²) in [6, 6.07) is 3.20. The van der Waals surface area contributed by atoms with E-state index in [1.807, 2.05) is 0 Å². The minimum Gasteiger partial charge on any atom is -0.508 e. The van der Waals surface area contributed by atoms with Gasteiger partial charge < -0.3 is 35.8 Å². The number of phenols is 1. The molecule has 13 heteroatoms. The maximum absolute atomic E-state index is 13.7. The lowest BCUT2D eigenvalue weighted by molar-refractivity contribution is -0.145. The van der Waals surface area contributed by atoms with Crippen LogP contribution in [0.1, 0.15) is 81.7 Å². The van der Waals surface area contributed by atoms with Crippen molar-refractivity contribution in [3.8, 4) is 5.75 Å². The Bertz CT molecular complexity index is 1330. The SMILES string of the molecule is CCCCCCCCCCC(=O)N[C@@H](Cc1ccc(O)cc1)C(=O)N[C@@H](Cc1cnc[nH]1)C(=O)N[C@@H](Cc1cnc[nH]1)C(=O)OC. The van der Waals surface area contributed by atoms with Crippen LogP contribution >= 0.6 is 0 Å². The lowest BCUT2D eigenvalue weighted by atomic mass is 10.0. The molecule has 0 aliphatic heterocycles. The number of hydrogen-bond acceptors (Lipinski definition) is 8. The Morgan fingerprint density at radius 3 is 1.80 bits per heavy atom. The second-order valence-electron chi connectivity index (χ2n) is 11.4. The van der Waals surface area contributed by atoms with E-state index < -0.39 is 35.9 Å². The number of H-pyrrole nitrogens is 2. The van der Waals surface area contributed by atoms with Crippen LogP contribution in [0.3, 0.4) is 0 Å². The van der Waals surface area contributed by atoms with Gasteiger partial charge in [-0.1, -0.05) is 64.0 Å². The highest BCUT2D eigenvalue weighted by molar-refractivity contribution is 5.93. The third-order valence-corrected chi connectivity index (χ3v) is 7.68. The highest BCUT2D eigenvalue weighted by atomic mass is 16.5. The molecule has 6 N–H and O–H groups in total. The predicted octanol–water partition coefficient (Wildman–Crippen LogP) is 3.02. The summed E-state index contributed by atoms with van der Waals surface area (Å²) in [5.74, 6) is -2.03. The van der Waals surface area contributed by atoms with Gasteiger partial charge in [0.05, 0.1) is 19.8 Å². The Balaban J connectivity index is 1.70. The number of carbonyl (C=O) groups excluding carboxylic acids is 4. The van der Waals surface area contributed by atoms with E-state index in [9.17, 15) is 24.3 Å². The number of unbranched alkanes of at least 4 members (excludes halogenated alkanes) is 7. The minimum atomic E-state index is -1.12. The number of rotatable bonds is 21. The smallest absolute Gasteiger partial charge is 0.328 e. The standard InChI is InChI=1S/C33H47N7O6/c1-3-4-5-6-7-8-9-10-11-30(42)38-27(16-23-12-14-26(41)15-13-23)31(43)39-28(17-24-19-34-21-36-24)32(44)40-29(33(45)46-2)18-25-20-35-22-37-25/h12-15,19-22,27-29,41H,3-11,16-18H2,1-2H3,(H,34,36)(H,35,37)(H,38,42)(H,39,43)(H,40,44)/t27-,28-,29-/m0/s1. The summed E-state index contributed by atoms with van der Waals surface area (Å²) in [5, 5.41) is 18.0. The number of nitrogens with one attached hydrogen (secondary N) is 5. The molecule has 0 bridgehead atoms. The zero-order valence-electron chi connectivity index (χ0n) is 26.7. The Hall–Kier alpha value is -4.68. The third-order valence-electron chi connectivity index (χ3n) is 7.68. The molecule has 13 nitrogen and oxygen atoms in total. The number of aromatic hydroxyl groups is 1. The summed E-state index contributed by atoms with van der Waals surface area (Å²) in [6.45, 7) is 2.19. The molecule has 0 saturated carbocycles. The fourth-order valence-electron chi connectivity index (χ4n) is 5.08. The maximum atomic E-state index is 13.7. The van der Waals surface area contributed by atoms with Gasteiger partial charge in [-0.25, -0.2) is 14.8 Å². The molecule has 0 spiro atoms.